The molecule has 1 aliphatic rings. The van der Waals surface area contributed by atoms with Gasteiger partial charge < -0.3 is 9.73 Å². The summed E-state index contributed by atoms with van der Waals surface area (Å²) in [6.45, 7) is 7.50. The van der Waals surface area contributed by atoms with Crippen LogP contribution in [0.25, 0.3) is 6.08 Å². The zero-order valence-electron chi connectivity index (χ0n) is 20.1. The Hall–Kier alpha value is -3.98. The predicted octanol–water partition coefficient (Wildman–Crippen LogP) is 3.13. The molecule has 1 aromatic carbocycles. The number of aromatic nitrogens is 3. The van der Waals surface area contributed by atoms with E-state index in [0.29, 0.717) is 37.8 Å². The number of carbonyl (C=O) groups excluding carboxylic acids is 1. The Morgan fingerprint density at radius 2 is 1.86 bits per heavy atom. The maximum absolute atomic E-state index is 13.7. The van der Waals surface area contributed by atoms with Gasteiger partial charge >= 0.3 is 0 Å². The number of nitrogens with one attached hydrogen (secondary N) is 1. The van der Waals surface area contributed by atoms with E-state index in [0.717, 1.165) is 17.0 Å². The maximum Gasteiger partial charge on any atom is 0.271 e. The van der Waals surface area contributed by atoms with Gasteiger partial charge in [-0.25, -0.2) is 4.99 Å². The fraction of sp³-hybridized carbons (Fsp3) is 0.231. The van der Waals surface area contributed by atoms with Crippen LogP contribution in [0.15, 0.2) is 67.9 Å². The van der Waals surface area contributed by atoms with Gasteiger partial charge in [-0.3, -0.25) is 18.8 Å². The van der Waals surface area contributed by atoms with Crippen molar-refractivity contribution < 1.29 is 9.21 Å². The molecule has 0 radical (unpaired) electrons. The Bertz CT molecular complexity index is 1670. The Labute approximate surface area is 205 Å². The molecule has 9 heteroatoms. The normalized spacial score (nSPS) is 15.8. The molecule has 1 aliphatic heterocycles. The van der Waals surface area contributed by atoms with Crippen LogP contribution in [-0.2, 0) is 11.8 Å². The minimum atomic E-state index is -0.734. The van der Waals surface area contributed by atoms with Crippen LogP contribution in [0.4, 0.5) is 5.69 Å². The topological polar surface area (TPSA) is 94.4 Å². The SMILES string of the molecule is CC1=C(C(=O)Nc2ccccc2)[C@@H](c2ccc(C)o2)n2c(sc(=Cc3c(C)nn(C)c3C)c2=O)=N1. The van der Waals surface area contributed by atoms with E-state index in [1.807, 2.05) is 70.3 Å². The van der Waals surface area contributed by atoms with Gasteiger partial charge in [-0.1, -0.05) is 29.5 Å². The lowest BCUT2D eigenvalue weighted by molar-refractivity contribution is -0.113. The second kappa shape index (κ2) is 8.66. The first-order chi connectivity index (χ1) is 16.7. The summed E-state index contributed by atoms with van der Waals surface area (Å²) < 4.78 is 9.82. The van der Waals surface area contributed by atoms with E-state index in [9.17, 15) is 9.59 Å². The van der Waals surface area contributed by atoms with Gasteiger partial charge in [0.25, 0.3) is 11.5 Å². The van der Waals surface area contributed by atoms with E-state index in [4.69, 9.17) is 4.42 Å². The van der Waals surface area contributed by atoms with Gasteiger partial charge in [0.2, 0.25) is 0 Å². The van der Waals surface area contributed by atoms with Crippen molar-refractivity contribution in [3.63, 3.8) is 0 Å². The number of fused-ring (bicyclic) bond motifs is 1. The monoisotopic (exact) mass is 487 g/mol. The number of rotatable bonds is 4. The second-order valence-corrected chi connectivity index (χ2v) is 9.57. The lowest BCUT2D eigenvalue weighted by Gasteiger charge is -2.23. The van der Waals surface area contributed by atoms with E-state index in [2.05, 4.69) is 15.4 Å². The summed E-state index contributed by atoms with van der Waals surface area (Å²) in [5, 5.41) is 7.39. The number of nitrogens with zero attached hydrogens (tertiary/aromatic N) is 4. The second-order valence-electron chi connectivity index (χ2n) is 8.56. The largest absolute Gasteiger partial charge is 0.464 e. The molecule has 1 amide bonds. The summed E-state index contributed by atoms with van der Waals surface area (Å²) in [5.41, 5.74) is 4.05. The first-order valence-corrected chi connectivity index (χ1v) is 12.0. The highest BCUT2D eigenvalue weighted by molar-refractivity contribution is 7.07. The number of anilines is 1. The highest BCUT2D eigenvalue weighted by atomic mass is 32.1. The summed E-state index contributed by atoms with van der Waals surface area (Å²) in [4.78, 5) is 32.4. The summed E-state index contributed by atoms with van der Waals surface area (Å²) in [6, 6.07) is 12.1. The third-order valence-corrected chi connectivity index (χ3v) is 7.15. The van der Waals surface area contributed by atoms with Crippen LogP contribution in [0.2, 0.25) is 0 Å². The van der Waals surface area contributed by atoms with Crippen molar-refractivity contribution in [2.75, 3.05) is 5.32 Å². The molecule has 1 N–H and O–H groups in total. The zero-order chi connectivity index (χ0) is 24.9. The van der Waals surface area contributed by atoms with Gasteiger partial charge in [0.1, 0.15) is 17.6 Å². The number of aryl methyl sites for hydroxylation is 3. The third kappa shape index (κ3) is 3.97. The number of hydrogen-bond acceptors (Lipinski definition) is 6. The average molecular weight is 488 g/mol. The van der Waals surface area contributed by atoms with Crippen molar-refractivity contribution in [3.8, 4) is 0 Å². The van der Waals surface area contributed by atoms with Gasteiger partial charge in [-0.15, -0.1) is 0 Å². The van der Waals surface area contributed by atoms with E-state index < -0.39 is 6.04 Å². The molecule has 0 aliphatic carbocycles. The Morgan fingerprint density at radius 3 is 2.49 bits per heavy atom. The lowest BCUT2D eigenvalue weighted by Crippen LogP contribution is -2.40. The fourth-order valence-electron chi connectivity index (χ4n) is 4.33. The molecule has 178 valence electrons. The maximum atomic E-state index is 13.7. The summed E-state index contributed by atoms with van der Waals surface area (Å²) in [7, 11) is 1.88. The highest BCUT2D eigenvalue weighted by Crippen LogP contribution is 2.31. The summed E-state index contributed by atoms with van der Waals surface area (Å²) in [6.07, 6.45) is 1.86. The van der Waals surface area contributed by atoms with Crippen molar-refractivity contribution >= 4 is 29.0 Å². The van der Waals surface area contributed by atoms with Gasteiger partial charge in [0, 0.05) is 24.0 Å². The van der Waals surface area contributed by atoms with Crippen LogP contribution in [0, 0.1) is 20.8 Å². The molecule has 0 bridgehead atoms. The Kier molecular flexibility index (Phi) is 5.64. The number of allylic oxidation sites excluding steroid dienone is 1. The number of thiazole rings is 1. The van der Waals surface area contributed by atoms with E-state index in [-0.39, 0.29) is 11.5 Å². The number of benzene rings is 1. The molecule has 0 spiro atoms. The number of para-hydroxylation sites is 1. The lowest BCUT2D eigenvalue weighted by atomic mass is 10.00. The minimum absolute atomic E-state index is 0.229. The van der Waals surface area contributed by atoms with Crippen molar-refractivity contribution in [3.05, 3.63) is 102 Å². The summed E-state index contributed by atoms with van der Waals surface area (Å²) in [5.74, 6) is 0.877. The summed E-state index contributed by atoms with van der Waals surface area (Å²) >= 11 is 1.29. The molecule has 0 fully saturated rings. The Balaban J connectivity index is 1.69. The highest BCUT2D eigenvalue weighted by Gasteiger charge is 2.34. The molecule has 0 saturated heterocycles. The molecule has 8 nitrogen and oxygen atoms in total. The van der Waals surface area contributed by atoms with Crippen molar-refractivity contribution in [2.45, 2.75) is 33.7 Å². The van der Waals surface area contributed by atoms with Crippen LogP contribution in [-0.4, -0.2) is 20.3 Å². The van der Waals surface area contributed by atoms with Gasteiger partial charge in [-0.2, -0.15) is 5.10 Å². The first-order valence-electron chi connectivity index (χ1n) is 11.2. The number of carbonyl (C=O) groups is 1. The molecule has 4 heterocycles. The smallest absolute Gasteiger partial charge is 0.271 e. The quantitative estimate of drug-likeness (QED) is 0.479. The molecule has 3 aromatic heterocycles. The minimum Gasteiger partial charge on any atom is -0.464 e. The van der Waals surface area contributed by atoms with Gasteiger partial charge in [0.15, 0.2) is 4.80 Å². The van der Waals surface area contributed by atoms with Gasteiger partial charge in [-0.05, 0) is 58.0 Å². The van der Waals surface area contributed by atoms with E-state index in [1.165, 1.54) is 11.3 Å². The zero-order valence-corrected chi connectivity index (χ0v) is 20.9. The Morgan fingerprint density at radius 1 is 1.11 bits per heavy atom. The molecule has 1 atom stereocenters. The molecule has 0 saturated carbocycles. The molecule has 0 unspecified atom stereocenters. The van der Waals surface area contributed by atoms with Crippen LogP contribution in [0.3, 0.4) is 0 Å². The van der Waals surface area contributed by atoms with Crippen molar-refractivity contribution in [1.82, 2.24) is 14.3 Å². The number of hydrogen-bond donors (Lipinski definition) is 1. The average Bonchev–Trinajstić information content (AvgIpc) is 3.45. The van der Waals surface area contributed by atoms with Crippen LogP contribution >= 0.6 is 11.3 Å². The van der Waals surface area contributed by atoms with Crippen molar-refractivity contribution in [2.24, 2.45) is 12.0 Å². The standard InChI is InChI=1S/C26H25N5O3S/c1-14-11-12-20(34-14)23-22(24(32)28-18-9-7-6-8-10-18)16(3)27-26-31(23)25(33)21(35-26)13-19-15(2)29-30(5)17(19)4/h6-13,23H,1-5H3,(H,28,32)/t23-/m1/s1. The van der Waals surface area contributed by atoms with Gasteiger partial charge in [0.05, 0.1) is 21.5 Å². The van der Waals surface area contributed by atoms with Crippen LogP contribution in [0.1, 0.15) is 41.4 Å². The first kappa shape index (κ1) is 22.8. The molecular formula is C26H25N5O3S. The molecule has 4 aromatic rings. The van der Waals surface area contributed by atoms with E-state index >= 15 is 0 Å². The third-order valence-electron chi connectivity index (χ3n) is 6.17. The molecule has 35 heavy (non-hydrogen) atoms. The predicted molar refractivity (Wildman–Crippen MR) is 135 cm³/mol. The molecule has 5 rings (SSSR count). The number of furan rings is 1. The van der Waals surface area contributed by atoms with Crippen molar-refractivity contribution in [1.29, 1.82) is 0 Å². The van der Waals surface area contributed by atoms with Crippen LogP contribution < -0.4 is 20.2 Å². The fourth-order valence-corrected chi connectivity index (χ4v) is 5.36. The van der Waals surface area contributed by atoms with E-state index in [1.54, 1.807) is 22.2 Å². The van der Waals surface area contributed by atoms with Crippen LogP contribution in [0.5, 0.6) is 0 Å². The molecular weight excluding hydrogens is 462 g/mol. The number of amides is 1.